The van der Waals surface area contributed by atoms with E-state index in [0.717, 1.165) is 38.5 Å². The molecule has 3 rings (SSSR count). The fraction of sp³-hybridized carbons (Fsp3) is 0.588. The predicted molar refractivity (Wildman–Crippen MR) is 76.5 cm³/mol. The second-order valence-corrected chi connectivity index (χ2v) is 6.12. The average molecular weight is 275 g/mol. The van der Waals surface area contributed by atoms with Gasteiger partial charge in [-0.1, -0.05) is 37.5 Å². The quantitative estimate of drug-likeness (QED) is 0.816. The van der Waals surface area contributed by atoms with E-state index in [1.165, 1.54) is 12.5 Å². The number of carbonyl (C=O) groups excluding carboxylic acids is 1. The maximum absolute atomic E-state index is 13.8. The lowest BCUT2D eigenvalue weighted by Gasteiger charge is -2.29. The van der Waals surface area contributed by atoms with E-state index >= 15 is 0 Å². The smallest absolute Gasteiger partial charge is 0.226 e. The number of nitrogens with zero attached hydrogens (tertiary/aromatic N) is 1. The Hall–Kier alpha value is -1.38. The molecule has 0 radical (unpaired) electrons. The molecule has 0 unspecified atom stereocenters. The lowest BCUT2D eigenvalue weighted by atomic mass is 9.88. The Morgan fingerprint density at radius 2 is 1.80 bits per heavy atom. The summed E-state index contributed by atoms with van der Waals surface area (Å²) in [5.41, 5.74) is 0.642. The van der Waals surface area contributed by atoms with Crippen molar-refractivity contribution in [3.63, 3.8) is 0 Å². The first-order valence-electron chi connectivity index (χ1n) is 7.79. The first kappa shape index (κ1) is 13.6. The molecule has 2 aliphatic rings. The van der Waals surface area contributed by atoms with Gasteiger partial charge in [0.15, 0.2) is 0 Å². The zero-order valence-corrected chi connectivity index (χ0v) is 11.9. The van der Waals surface area contributed by atoms with Gasteiger partial charge < -0.3 is 4.90 Å². The van der Waals surface area contributed by atoms with Gasteiger partial charge in [0, 0.05) is 24.1 Å². The molecule has 0 heterocycles. The minimum Gasteiger partial charge on any atom is -0.335 e. The summed E-state index contributed by atoms with van der Waals surface area (Å²) < 4.78 is 13.8. The van der Waals surface area contributed by atoms with E-state index in [1.807, 2.05) is 11.0 Å². The number of halogens is 1. The Bertz CT molecular complexity index is 478. The van der Waals surface area contributed by atoms with Crippen molar-refractivity contribution in [2.45, 2.75) is 57.5 Å². The number of benzene rings is 1. The Kier molecular flexibility index (Phi) is 4.04. The van der Waals surface area contributed by atoms with Crippen LogP contribution in [0.2, 0.25) is 0 Å². The van der Waals surface area contributed by atoms with Crippen molar-refractivity contribution in [3.05, 3.63) is 35.6 Å². The van der Waals surface area contributed by atoms with Gasteiger partial charge in [-0.25, -0.2) is 4.39 Å². The van der Waals surface area contributed by atoms with Crippen LogP contribution in [-0.2, 0) is 11.3 Å². The van der Waals surface area contributed by atoms with E-state index in [-0.39, 0.29) is 17.6 Å². The van der Waals surface area contributed by atoms with E-state index in [2.05, 4.69) is 0 Å². The molecule has 2 nitrogen and oxygen atoms in total. The van der Waals surface area contributed by atoms with Crippen molar-refractivity contribution in [2.24, 2.45) is 5.92 Å². The molecule has 0 bridgehead atoms. The SMILES string of the molecule is O=C(C1CCCCC1)N(Cc1ccccc1F)C1CC1. The third kappa shape index (κ3) is 3.02. The average Bonchev–Trinajstić information content (AvgIpc) is 3.31. The Labute approximate surface area is 120 Å². The van der Waals surface area contributed by atoms with E-state index in [9.17, 15) is 9.18 Å². The van der Waals surface area contributed by atoms with Crippen LogP contribution < -0.4 is 0 Å². The number of amides is 1. The van der Waals surface area contributed by atoms with Gasteiger partial charge in [0.1, 0.15) is 5.82 Å². The third-order valence-corrected chi connectivity index (χ3v) is 4.52. The van der Waals surface area contributed by atoms with Gasteiger partial charge in [-0.05, 0) is 31.7 Å². The largest absolute Gasteiger partial charge is 0.335 e. The van der Waals surface area contributed by atoms with Crippen molar-refractivity contribution in [3.8, 4) is 0 Å². The standard InChI is InChI=1S/C17H22FNO/c18-16-9-5-4-8-14(16)12-19(15-10-11-15)17(20)13-6-2-1-3-7-13/h4-5,8-9,13,15H,1-3,6-7,10-12H2. The minimum absolute atomic E-state index is 0.177. The van der Waals surface area contributed by atoms with E-state index in [1.54, 1.807) is 12.1 Å². The molecule has 0 saturated heterocycles. The Morgan fingerprint density at radius 1 is 1.10 bits per heavy atom. The van der Waals surface area contributed by atoms with Gasteiger partial charge in [-0.15, -0.1) is 0 Å². The molecule has 20 heavy (non-hydrogen) atoms. The number of carbonyl (C=O) groups is 1. The number of hydrogen-bond donors (Lipinski definition) is 0. The normalized spacial score (nSPS) is 19.9. The maximum Gasteiger partial charge on any atom is 0.226 e. The Balaban J connectivity index is 1.72. The monoisotopic (exact) mass is 275 g/mol. The summed E-state index contributed by atoms with van der Waals surface area (Å²) in [5.74, 6) is 0.237. The van der Waals surface area contributed by atoms with Gasteiger partial charge in [0.2, 0.25) is 5.91 Å². The molecule has 1 amide bonds. The first-order chi connectivity index (χ1) is 9.75. The van der Waals surface area contributed by atoms with Crippen LogP contribution in [0.1, 0.15) is 50.5 Å². The molecule has 2 saturated carbocycles. The Morgan fingerprint density at radius 3 is 2.45 bits per heavy atom. The molecular formula is C17H22FNO. The molecule has 2 fully saturated rings. The highest BCUT2D eigenvalue weighted by atomic mass is 19.1. The summed E-state index contributed by atoms with van der Waals surface area (Å²) in [6, 6.07) is 7.16. The van der Waals surface area contributed by atoms with Crippen LogP contribution >= 0.6 is 0 Å². The molecule has 0 atom stereocenters. The van der Waals surface area contributed by atoms with Crippen LogP contribution in [0.15, 0.2) is 24.3 Å². The molecule has 3 heteroatoms. The zero-order chi connectivity index (χ0) is 13.9. The maximum atomic E-state index is 13.8. The van der Waals surface area contributed by atoms with Crippen molar-refractivity contribution in [1.82, 2.24) is 4.90 Å². The molecule has 0 N–H and O–H groups in total. The molecular weight excluding hydrogens is 253 g/mol. The lowest BCUT2D eigenvalue weighted by molar-refractivity contribution is -0.137. The summed E-state index contributed by atoms with van der Waals surface area (Å²) >= 11 is 0. The van der Waals surface area contributed by atoms with Crippen molar-refractivity contribution >= 4 is 5.91 Å². The van der Waals surface area contributed by atoms with Crippen LogP contribution in [-0.4, -0.2) is 16.8 Å². The summed E-state index contributed by atoms with van der Waals surface area (Å²) in [4.78, 5) is 14.6. The molecule has 0 aromatic heterocycles. The lowest BCUT2D eigenvalue weighted by Crippen LogP contribution is -2.38. The van der Waals surface area contributed by atoms with Gasteiger partial charge in [-0.2, -0.15) is 0 Å². The summed E-state index contributed by atoms with van der Waals surface area (Å²) in [6.45, 7) is 0.437. The van der Waals surface area contributed by atoms with E-state index < -0.39 is 0 Å². The second-order valence-electron chi connectivity index (χ2n) is 6.12. The predicted octanol–water partition coefficient (Wildman–Crippen LogP) is 3.90. The van der Waals surface area contributed by atoms with Gasteiger partial charge in [0.05, 0.1) is 0 Å². The van der Waals surface area contributed by atoms with Crippen molar-refractivity contribution < 1.29 is 9.18 Å². The highest BCUT2D eigenvalue weighted by Crippen LogP contribution is 2.33. The van der Waals surface area contributed by atoms with Crippen LogP contribution in [0, 0.1) is 11.7 Å². The third-order valence-electron chi connectivity index (χ3n) is 4.52. The van der Waals surface area contributed by atoms with E-state index in [0.29, 0.717) is 18.2 Å². The van der Waals surface area contributed by atoms with Gasteiger partial charge >= 0.3 is 0 Å². The minimum atomic E-state index is -0.199. The van der Waals surface area contributed by atoms with Crippen LogP contribution in [0.5, 0.6) is 0 Å². The van der Waals surface area contributed by atoms with Crippen LogP contribution in [0.25, 0.3) is 0 Å². The van der Waals surface area contributed by atoms with Crippen molar-refractivity contribution in [1.29, 1.82) is 0 Å². The summed E-state index contributed by atoms with van der Waals surface area (Å²) in [7, 11) is 0. The van der Waals surface area contributed by atoms with Crippen LogP contribution in [0.3, 0.4) is 0 Å². The molecule has 0 spiro atoms. The van der Waals surface area contributed by atoms with Crippen molar-refractivity contribution in [2.75, 3.05) is 0 Å². The molecule has 1 aromatic carbocycles. The zero-order valence-electron chi connectivity index (χ0n) is 11.9. The van der Waals surface area contributed by atoms with E-state index in [4.69, 9.17) is 0 Å². The fourth-order valence-corrected chi connectivity index (χ4v) is 3.17. The second kappa shape index (κ2) is 5.94. The first-order valence-corrected chi connectivity index (χ1v) is 7.79. The summed E-state index contributed by atoms with van der Waals surface area (Å²) in [5, 5.41) is 0. The summed E-state index contributed by atoms with van der Waals surface area (Å²) in [6.07, 6.45) is 7.75. The highest BCUT2D eigenvalue weighted by molar-refractivity contribution is 5.79. The van der Waals surface area contributed by atoms with Gasteiger partial charge in [0.25, 0.3) is 0 Å². The topological polar surface area (TPSA) is 20.3 Å². The fourth-order valence-electron chi connectivity index (χ4n) is 3.17. The molecule has 1 aromatic rings. The number of hydrogen-bond acceptors (Lipinski definition) is 1. The highest BCUT2D eigenvalue weighted by Gasteiger charge is 2.36. The van der Waals surface area contributed by atoms with Crippen LogP contribution in [0.4, 0.5) is 4.39 Å². The molecule has 2 aliphatic carbocycles. The molecule has 108 valence electrons. The number of rotatable bonds is 4. The van der Waals surface area contributed by atoms with Gasteiger partial charge in [-0.3, -0.25) is 4.79 Å². The molecule has 0 aliphatic heterocycles.